The van der Waals surface area contributed by atoms with E-state index < -0.39 is 0 Å². The van der Waals surface area contributed by atoms with E-state index in [0.717, 1.165) is 17.8 Å². The molecule has 0 saturated heterocycles. The molecule has 2 N–H and O–H groups in total. The number of thioether (sulfide) groups is 1. The van der Waals surface area contributed by atoms with Gasteiger partial charge in [-0.1, -0.05) is 6.42 Å². The Kier molecular flexibility index (Phi) is 3.78. The Balaban J connectivity index is 1.58. The molecule has 0 aromatic heterocycles. The SMILES string of the molecule is CC(N)CCSCC1CC2CCC1C2. The van der Waals surface area contributed by atoms with Gasteiger partial charge in [-0.05, 0) is 61.9 Å². The molecule has 4 atom stereocenters. The maximum atomic E-state index is 5.73. The Morgan fingerprint density at radius 1 is 1.36 bits per heavy atom. The van der Waals surface area contributed by atoms with Crippen LogP contribution in [0.25, 0.3) is 0 Å². The molecule has 82 valence electrons. The van der Waals surface area contributed by atoms with Crippen molar-refractivity contribution >= 4 is 11.8 Å². The number of rotatable bonds is 5. The van der Waals surface area contributed by atoms with Gasteiger partial charge in [0, 0.05) is 6.04 Å². The van der Waals surface area contributed by atoms with Gasteiger partial charge in [0.05, 0.1) is 0 Å². The molecule has 2 saturated carbocycles. The zero-order valence-electron chi connectivity index (χ0n) is 9.24. The van der Waals surface area contributed by atoms with Gasteiger partial charge in [-0.2, -0.15) is 11.8 Å². The molecule has 0 heterocycles. The fourth-order valence-electron chi connectivity index (χ4n) is 3.08. The second-order valence-electron chi connectivity index (χ2n) is 5.28. The topological polar surface area (TPSA) is 26.0 Å². The Labute approximate surface area is 92.2 Å². The smallest absolute Gasteiger partial charge is 0.00183 e. The summed E-state index contributed by atoms with van der Waals surface area (Å²) in [5, 5.41) is 0. The lowest BCUT2D eigenvalue weighted by Crippen LogP contribution is -2.17. The molecule has 2 aliphatic rings. The van der Waals surface area contributed by atoms with Crippen LogP contribution in [0.1, 0.15) is 39.0 Å². The summed E-state index contributed by atoms with van der Waals surface area (Å²) in [6.07, 6.45) is 7.34. The van der Waals surface area contributed by atoms with E-state index in [2.05, 4.69) is 18.7 Å². The van der Waals surface area contributed by atoms with Crippen LogP contribution in [0.2, 0.25) is 0 Å². The molecule has 14 heavy (non-hydrogen) atoms. The first-order valence-corrected chi connectivity index (χ1v) is 7.24. The lowest BCUT2D eigenvalue weighted by Gasteiger charge is -2.21. The number of fused-ring (bicyclic) bond motifs is 2. The largest absolute Gasteiger partial charge is 0.328 e. The van der Waals surface area contributed by atoms with Gasteiger partial charge in [-0.25, -0.2) is 0 Å². The van der Waals surface area contributed by atoms with Crippen LogP contribution in [0.3, 0.4) is 0 Å². The van der Waals surface area contributed by atoms with Gasteiger partial charge < -0.3 is 5.73 Å². The normalized spacial score (nSPS) is 37.7. The molecule has 0 spiro atoms. The van der Waals surface area contributed by atoms with Crippen molar-refractivity contribution < 1.29 is 0 Å². The standard InChI is InChI=1S/C12H23NS/c1-9(13)4-5-14-8-12-7-10-2-3-11(12)6-10/h9-12H,2-8,13H2,1H3. The summed E-state index contributed by atoms with van der Waals surface area (Å²) in [5.41, 5.74) is 5.73. The van der Waals surface area contributed by atoms with Crippen molar-refractivity contribution in [3.63, 3.8) is 0 Å². The van der Waals surface area contributed by atoms with Crippen LogP contribution >= 0.6 is 11.8 Å². The molecule has 2 aliphatic carbocycles. The summed E-state index contributed by atoms with van der Waals surface area (Å²) in [4.78, 5) is 0. The van der Waals surface area contributed by atoms with E-state index in [1.165, 1.54) is 37.2 Å². The predicted molar refractivity (Wildman–Crippen MR) is 64.5 cm³/mol. The summed E-state index contributed by atoms with van der Waals surface area (Å²) in [7, 11) is 0. The van der Waals surface area contributed by atoms with Crippen molar-refractivity contribution in [1.29, 1.82) is 0 Å². The van der Waals surface area contributed by atoms with Crippen LogP contribution in [0.4, 0.5) is 0 Å². The molecular formula is C12H23NS. The van der Waals surface area contributed by atoms with E-state index >= 15 is 0 Å². The zero-order valence-corrected chi connectivity index (χ0v) is 10.1. The molecule has 0 aromatic carbocycles. The van der Waals surface area contributed by atoms with E-state index in [4.69, 9.17) is 5.73 Å². The minimum Gasteiger partial charge on any atom is -0.328 e. The summed E-state index contributed by atoms with van der Waals surface area (Å²) in [6, 6.07) is 0.391. The molecule has 4 unspecified atom stereocenters. The van der Waals surface area contributed by atoms with E-state index in [0.29, 0.717) is 6.04 Å². The van der Waals surface area contributed by atoms with Gasteiger partial charge in [0.2, 0.25) is 0 Å². The summed E-state index contributed by atoms with van der Waals surface area (Å²) in [6.45, 7) is 2.11. The van der Waals surface area contributed by atoms with Crippen molar-refractivity contribution in [3.05, 3.63) is 0 Å². The average molecular weight is 213 g/mol. The Morgan fingerprint density at radius 3 is 2.79 bits per heavy atom. The van der Waals surface area contributed by atoms with Gasteiger partial charge in [-0.15, -0.1) is 0 Å². The molecule has 2 heteroatoms. The van der Waals surface area contributed by atoms with Gasteiger partial charge in [-0.3, -0.25) is 0 Å². The highest BCUT2D eigenvalue weighted by Gasteiger charge is 2.38. The van der Waals surface area contributed by atoms with Crippen LogP contribution < -0.4 is 5.73 Å². The average Bonchev–Trinajstić information content (AvgIpc) is 2.73. The number of hydrogen-bond donors (Lipinski definition) is 1. The first-order chi connectivity index (χ1) is 6.75. The minimum atomic E-state index is 0.391. The highest BCUT2D eigenvalue weighted by atomic mass is 32.2. The van der Waals surface area contributed by atoms with Crippen LogP contribution in [0.15, 0.2) is 0 Å². The molecule has 0 amide bonds. The molecular weight excluding hydrogens is 190 g/mol. The van der Waals surface area contributed by atoms with Crippen molar-refractivity contribution in [2.45, 2.75) is 45.1 Å². The second kappa shape index (κ2) is 4.89. The fraction of sp³-hybridized carbons (Fsp3) is 1.00. The molecule has 0 aromatic rings. The van der Waals surface area contributed by atoms with Crippen LogP contribution in [-0.4, -0.2) is 17.5 Å². The maximum Gasteiger partial charge on any atom is 0.00183 e. The van der Waals surface area contributed by atoms with Gasteiger partial charge >= 0.3 is 0 Å². The van der Waals surface area contributed by atoms with E-state index in [1.807, 2.05) is 0 Å². The highest BCUT2D eigenvalue weighted by molar-refractivity contribution is 7.99. The lowest BCUT2D eigenvalue weighted by atomic mass is 9.90. The third kappa shape index (κ3) is 2.66. The first-order valence-electron chi connectivity index (χ1n) is 6.09. The molecule has 2 bridgehead atoms. The van der Waals surface area contributed by atoms with E-state index in [1.54, 1.807) is 6.42 Å². The zero-order chi connectivity index (χ0) is 9.97. The molecule has 2 rings (SSSR count). The molecule has 1 nitrogen and oxygen atoms in total. The van der Waals surface area contributed by atoms with Gasteiger partial charge in [0.1, 0.15) is 0 Å². The summed E-state index contributed by atoms with van der Waals surface area (Å²) < 4.78 is 0. The van der Waals surface area contributed by atoms with Gasteiger partial charge in [0.25, 0.3) is 0 Å². The van der Waals surface area contributed by atoms with Crippen LogP contribution in [0, 0.1) is 17.8 Å². The second-order valence-corrected chi connectivity index (χ2v) is 6.43. The Bertz CT molecular complexity index is 181. The van der Waals surface area contributed by atoms with Crippen LogP contribution in [0.5, 0.6) is 0 Å². The summed E-state index contributed by atoms with van der Waals surface area (Å²) in [5.74, 6) is 5.95. The number of hydrogen-bond acceptors (Lipinski definition) is 2. The van der Waals surface area contributed by atoms with E-state index in [9.17, 15) is 0 Å². The predicted octanol–water partition coefficient (Wildman–Crippen LogP) is 2.89. The van der Waals surface area contributed by atoms with Crippen molar-refractivity contribution in [3.8, 4) is 0 Å². The van der Waals surface area contributed by atoms with Crippen molar-refractivity contribution in [2.75, 3.05) is 11.5 Å². The lowest BCUT2D eigenvalue weighted by molar-refractivity contribution is 0.365. The molecule has 2 fully saturated rings. The fourth-order valence-corrected chi connectivity index (χ4v) is 4.50. The van der Waals surface area contributed by atoms with Crippen molar-refractivity contribution in [2.24, 2.45) is 23.5 Å². The highest BCUT2D eigenvalue weighted by Crippen LogP contribution is 2.49. The third-order valence-electron chi connectivity index (χ3n) is 3.93. The van der Waals surface area contributed by atoms with E-state index in [-0.39, 0.29) is 0 Å². The van der Waals surface area contributed by atoms with Gasteiger partial charge in [0.15, 0.2) is 0 Å². The van der Waals surface area contributed by atoms with Crippen LogP contribution in [-0.2, 0) is 0 Å². The van der Waals surface area contributed by atoms with Crippen molar-refractivity contribution in [1.82, 2.24) is 0 Å². The monoisotopic (exact) mass is 213 g/mol. The maximum absolute atomic E-state index is 5.73. The first kappa shape index (κ1) is 10.8. The number of nitrogens with two attached hydrogens (primary N) is 1. The summed E-state index contributed by atoms with van der Waals surface area (Å²) >= 11 is 2.14. The molecule has 0 radical (unpaired) electrons. The Morgan fingerprint density at radius 2 is 2.21 bits per heavy atom. The quantitative estimate of drug-likeness (QED) is 0.711. The molecule has 0 aliphatic heterocycles. The Hall–Kier alpha value is 0.310. The third-order valence-corrected chi connectivity index (χ3v) is 5.12. The minimum absolute atomic E-state index is 0.391.